The minimum absolute atomic E-state index is 0.0242. The van der Waals surface area contributed by atoms with E-state index in [0.29, 0.717) is 28.9 Å². The maximum Gasteiger partial charge on any atom is 0.285 e. The number of halogens is 1. The zero-order valence-electron chi connectivity index (χ0n) is 25.5. The van der Waals surface area contributed by atoms with Gasteiger partial charge in [-0.05, 0) is 61.9 Å². The van der Waals surface area contributed by atoms with E-state index in [0.717, 1.165) is 56.0 Å². The zero-order valence-corrected chi connectivity index (χ0v) is 27.0. The normalized spacial score (nSPS) is 14.7. The van der Waals surface area contributed by atoms with E-state index in [1.54, 1.807) is 19.2 Å². The van der Waals surface area contributed by atoms with Crippen molar-refractivity contribution in [1.29, 1.82) is 0 Å². The van der Waals surface area contributed by atoms with Crippen LogP contribution in [0.5, 0.6) is 5.75 Å². The fourth-order valence-corrected chi connectivity index (χ4v) is 5.79. The molecule has 1 fully saturated rings. The molecule has 4 aromatic rings. The largest absolute Gasteiger partial charge is 0.492 e. The Morgan fingerprint density at radius 1 is 1.11 bits per heavy atom. The molecule has 0 radical (unpaired) electrons. The highest BCUT2D eigenvalue weighted by Gasteiger charge is 2.22. The Bertz CT molecular complexity index is 1890. The molecule has 0 saturated carbocycles. The van der Waals surface area contributed by atoms with Gasteiger partial charge in [-0.2, -0.15) is 0 Å². The monoisotopic (exact) mass is 654 g/mol. The molecule has 0 spiro atoms. The number of carbonyl (C=O) groups excluding carboxylic acids is 1. The van der Waals surface area contributed by atoms with Gasteiger partial charge in [0.2, 0.25) is 10.0 Å². The molecule has 2 aromatic carbocycles. The molecule has 1 aliphatic rings. The molecule has 12 nitrogen and oxygen atoms in total. The predicted octanol–water partition coefficient (Wildman–Crippen LogP) is 3.53. The smallest absolute Gasteiger partial charge is 0.285 e. The summed E-state index contributed by atoms with van der Waals surface area (Å²) < 4.78 is 38.2. The molecule has 1 amide bonds. The average Bonchev–Trinajstić information content (AvgIpc) is 3.00. The Kier molecular flexibility index (Phi) is 9.73. The van der Waals surface area contributed by atoms with E-state index in [1.807, 2.05) is 48.9 Å². The number of hydrogen-bond acceptors (Lipinski definition) is 10. The van der Waals surface area contributed by atoms with Crippen LogP contribution in [0.15, 0.2) is 53.3 Å². The van der Waals surface area contributed by atoms with Crippen molar-refractivity contribution in [2.24, 2.45) is 7.05 Å². The van der Waals surface area contributed by atoms with Gasteiger partial charge in [0.1, 0.15) is 23.3 Å². The fourth-order valence-electron chi connectivity index (χ4n) is 5.21. The number of anilines is 1. The van der Waals surface area contributed by atoms with E-state index in [-0.39, 0.29) is 22.1 Å². The lowest BCUT2D eigenvalue weighted by Crippen LogP contribution is -2.38. The highest BCUT2D eigenvalue weighted by molar-refractivity contribution is 7.89. The van der Waals surface area contributed by atoms with Gasteiger partial charge >= 0.3 is 0 Å². The number of benzene rings is 2. The van der Waals surface area contributed by atoms with Crippen LogP contribution in [-0.2, 0) is 21.8 Å². The minimum atomic E-state index is -3.84. The van der Waals surface area contributed by atoms with Crippen molar-refractivity contribution in [1.82, 2.24) is 24.2 Å². The fraction of sp³-hybridized carbons (Fsp3) is 0.355. The summed E-state index contributed by atoms with van der Waals surface area (Å²) in [5.74, 6) is 0.275. The van der Waals surface area contributed by atoms with Crippen molar-refractivity contribution in [3.63, 3.8) is 0 Å². The number of nitrogens with one attached hydrogen (secondary N) is 2. The molecule has 2 N–H and O–H groups in total. The van der Waals surface area contributed by atoms with Crippen LogP contribution in [0.25, 0.3) is 22.3 Å². The first kappa shape index (κ1) is 32.4. The van der Waals surface area contributed by atoms with Gasteiger partial charge in [0.15, 0.2) is 5.69 Å². The van der Waals surface area contributed by atoms with E-state index in [9.17, 15) is 18.0 Å². The quantitative estimate of drug-likeness (QED) is 0.244. The number of morpholine rings is 1. The van der Waals surface area contributed by atoms with E-state index in [2.05, 4.69) is 15.2 Å². The molecule has 3 heterocycles. The third kappa shape index (κ3) is 7.79. The van der Waals surface area contributed by atoms with Crippen molar-refractivity contribution in [2.75, 3.05) is 51.0 Å². The first-order valence-electron chi connectivity index (χ1n) is 14.4. The first-order valence-corrected chi connectivity index (χ1v) is 16.7. The van der Waals surface area contributed by atoms with Crippen LogP contribution < -0.4 is 20.3 Å². The number of aryl methyl sites for hydroxylation is 1. The Morgan fingerprint density at radius 2 is 1.82 bits per heavy atom. The van der Waals surface area contributed by atoms with Gasteiger partial charge in [0.05, 0.1) is 42.1 Å². The van der Waals surface area contributed by atoms with Gasteiger partial charge in [-0.1, -0.05) is 17.7 Å². The molecule has 0 unspecified atom stereocenters. The summed E-state index contributed by atoms with van der Waals surface area (Å²) in [6, 6.07) is 13.7. The molecule has 1 saturated heterocycles. The maximum atomic E-state index is 13.6. The van der Waals surface area contributed by atoms with Crippen molar-refractivity contribution < 1.29 is 22.7 Å². The van der Waals surface area contributed by atoms with Crippen LogP contribution in [0.3, 0.4) is 0 Å². The Balaban J connectivity index is 1.44. The first-order chi connectivity index (χ1) is 21.4. The maximum absolute atomic E-state index is 13.6. The molecular formula is C31H35ClN6O6S. The van der Waals surface area contributed by atoms with Crippen molar-refractivity contribution >= 4 is 44.1 Å². The third-order valence-corrected chi connectivity index (χ3v) is 8.21. The average molecular weight is 655 g/mol. The standard InChI is InChI=1S/C31H35ClN6O6S/c1-19-17-23(20(2)33-25-9-10-26(32)34-28(25)30(39)36-45(4,41)42)27-24(18-19)31(40)37(3)29(35-27)21-5-7-22(8-6-21)44-16-13-38-11-14-43-15-12-38/h5-10,17-18,20,33H,11-16H2,1-4H3,(H,36,39)/t20-/m1/s1. The Morgan fingerprint density at radius 3 is 2.51 bits per heavy atom. The van der Waals surface area contributed by atoms with Gasteiger partial charge in [-0.25, -0.2) is 23.1 Å². The van der Waals surface area contributed by atoms with Gasteiger partial charge in [0.25, 0.3) is 11.5 Å². The summed E-state index contributed by atoms with van der Waals surface area (Å²) in [4.78, 5) is 37.6. The number of rotatable bonds is 10. The molecule has 238 valence electrons. The lowest BCUT2D eigenvalue weighted by Gasteiger charge is -2.26. The van der Waals surface area contributed by atoms with Gasteiger partial charge < -0.3 is 14.8 Å². The highest BCUT2D eigenvalue weighted by Crippen LogP contribution is 2.30. The summed E-state index contributed by atoms with van der Waals surface area (Å²) in [6.07, 6.45) is 0.876. The lowest BCUT2D eigenvalue weighted by molar-refractivity contribution is 0.0322. The van der Waals surface area contributed by atoms with Crippen LogP contribution >= 0.6 is 11.6 Å². The highest BCUT2D eigenvalue weighted by atomic mass is 35.5. The zero-order chi connectivity index (χ0) is 32.3. The number of fused-ring (bicyclic) bond motifs is 1. The van der Waals surface area contributed by atoms with Gasteiger partial charge in [-0.3, -0.25) is 19.1 Å². The summed E-state index contributed by atoms with van der Waals surface area (Å²) in [7, 11) is -2.15. The predicted molar refractivity (Wildman–Crippen MR) is 174 cm³/mol. The number of nitrogens with zero attached hydrogens (tertiary/aromatic N) is 4. The third-order valence-electron chi connectivity index (χ3n) is 7.44. The minimum Gasteiger partial charge on any atom is -0.492 e. The van der Waals surface area contributed by atoms with Crippen molar-refractivity contribution in [3.05, 3.63) is 80.9 Å². The van der Waals surface area contributed by atoms with Gasteiger partial charge in [-0.15, -0.1) is 0 Å². The number of sulfonamides is 1. The number of carbonyl (C=O) groups is 1. The summed E-state index contributed by atoms with van der Waals surface area (Å²) in [6.45, 7) is 8.38. The van der Waals surface area contributed by atoms with Crippen LogP contribution in [0.4, 0.5) is 5.69 Å². The number of amides is 1. The Hall–Kier alpha value is -4.04. The van der Waals surface area contributed by atoms with E-state index >= 15 is 0 Å². The molecule has 1 aliphatic heterocycles. The van der Waals surface area contributed by atoms with Crippen LogP contribution in [0, 0.1) is 6.92 Å². The molecule has 1 atom stereocenters. The van der Waals surface area contributed by atoms with Crippen LogP contribution in [-0.4, -0.2) is 79.5 Å². The number of pyridine rings is 1. The molecule has 14 heteroatoms. The molecule has 0 bridgehead atoms. The molecule has 45 heavy (non-hydrogen) atoms. The summed E-state index contributed by atoms with van der Waals surface area (Å²) in [5.41, 5.74) is 2.65. The van der Waals surface area contributed by atoms with E-state index in [4.69, 9.17) is 26.1 Å². The molecular weight excluding hydrogens is 620 g/mol. The Labute approximate surface area is 266 Å². The van der Waals surface area contributed by atoms with Crippen LogP contribution in [0.1, 0.15) is 34.6 Å². The van der Waals surface area contributed by atoms with Crippen molar-refractivity contribution in [2.45, 2.75) is 19.9 Å². The van der Waals surface area contributed by atoms with E-state index < -0.39 is 22.0 Å². The lowest BCUT2D eigenvalue weighted by atomic mass is 10.0. The SMILES string of the molecule is Cc1cc([C@@H](C)Nc2ccc(Cl)nc2C(=O)NS(C)(=O)=O)c2nc(-c3ccc(OCCN4CCOCC4)cc3)n(C)c(=O)c2c1. The number of hydrogen-bond donors (Lipinski definition) is 2. The molecule has 2 aromatic heterocycles. The topological polar surface area (TPSA) is 145 Å². The summed E-state index contributed by atoms with van der Waals surface area (Å²) in [5, 5.41) is 3.70. The second-order valence-electron chi connectivity index (χ2n) is 11.0. The number of ether oxygens (including phenoxy) is 2. The second kappa shape index (κ2) is 13.5. The van der Waals surface area contributed by atoms with Gasteiger partial charge in [0, 0.05) is 37.8 Å². The number of aromatic nitrogens is 3. The second-order valence-corrected chi connectivity index (χ2v) is 13.1. The van der Waals surface area contributed by atoms with Crippen molar-refractivity contribution in [3.8, 4) is 17.1 Å². The van der Waals surface area contributed by atoms with Crippen LogP contribution in [0.2, 0.25) is 5.15 Å². The summed E-state index contributed by atoms with van der Waals surface area (Å²) >= 11 is 6.03. The van der Waals surface area contributed by atoms with E-state index in [1.165, 1.54) is 10.6 Å². The molecule has 0 aliphatic carbocycles. The molecule has 5 rings (SSSR count).